The third-order valence-corrected chi connectivity index (χ3v) is 8.09. The quantitative estimate of drug-likeness (QED) is 0.300. The molecule has 1 atom stereocenters. The summed E-state index contributed by atoms with van der Waals surface area (Å²) in [5, 5.41) is 24.0. The monoisotopic (exact) mass is 557 g/mol. The first kappa shape index (κ1) is 28.3. The number of likely N-dealkylation sites (tertiary alicyclic amines) is 1. The maximum Gasteiger partial charge on any atom is 0.407 e. The predicted octanol–water partition coefficient (Wildman–Crippen LogP) is 3.51. The van der Waals surface area contributed by atoms with Gasteiger partial charge in [-0.15, -0.1) is 0 Å². The van der Waals surface area contributed by atoms with Gasteiger partial charge in [-0.2, -0.15) is 0 Å². The van der Waals surface area contributed by atoms with Crippen molar-refractivity contribution in [3.8, 4) is 11.1 Å². The summed E-state index contributed by atoms with van der Waals surface area (Å²) in [6.45, 7) is 1.44. The van der Waals surface area contributed by atoms with Crippen molar-refractivity contribution in [1.29, 1.82) is 0 Å². The first-order valence-electron chi connectivity index (χ1n) is 13.9. The maximum absolute atomic E-state index is 13.2. The lowest BCUT2D eigenvalue weighted by atomic mass is 9.83. The molecule has 214 valence electrons. The van der Waals surface area contributed by atoms with Gasteiger partial charge in [-0.05, 0) is 40.7 Å². The summed E-state index contributed by atoms with van der Waals surface area (Å²) in [6.07, 6.45) is 0.219. The van der Waals surface area contributed by atoms with Crippen LogP contribution in [0.15, 0.2) is 78.9 Å². The van der Waals surface area contributed by atoms with E-state index in [1.165, 1.54) is 5.56 Å². The molecule has 1 fully saturated rings. The lowest BCUT2D eigenvalue weighted by molar-refractivity contribution is -0.143. The van der Waals surface area contributed by atoms with E-state index < -0.39 is 36.2 Å². The number of carboxylic acid groups (broad SMARTS) is 1. The summed E-state index contributed by atoms with van der Waals surface area (Å²) in [5.41, 5.74) is 4.73. The Morgan fingerprint density at radius 3 is 2.07 bits per heavy atom. The van der Waals surface area contributed by atoms with Crippen LogP contribution in [0, 0.1) is 0 Å². The molecule has 0 saturated carbocycles. The second-order valence-electron chi connectivity index (χ2n) is 10.8. The molecular weight excluding hydrogens is 522 g/mol. The molecule has 9 heteroatoms. The Hall–Kier alpha value is -4.21. The molecule has 1 saturated heterocycles. The second kappa shape index (κ2) is 12.5. The molecule has 4 N–H and O–H groups in total. The number of aliphatic hydroxyl groups is 1. The molecule has 1 heterocycles. The van der Waals surface area contributed by atoms with Crippen molar-refractivity contribution in [1.82, 2.24) is 15.5 Å². The third kappa shape index (κ3) is 6.58. The highest BCUT2D eigenvalue weighted by Crippen LogP contribution is 2.44. The van der Waals surface area contributed by atoms with Gasteiger partial charge in [0.05, 0.1) is 12.1 Å². The highest BCUT2D eigenvalue weighted by atomic mass is 16.5. The molecular formula is C32H35N3O6. The molecule has 3 aromatic rings. The number of aliphatic carboxylic acids is 1. The molecule has 1 aliphatic heterocycles. The molecule has 1 aliphatic carbocycles. The van der Waals surface area contributed by atoms with Gasteiger partial charge in [-0.1, -0.05) is 78.9 Å². The molecule has 0 radical (unpaired) electrons. The van der Waals surface area contributed by atoms with Crippen LogP contribution >= 0.6 is 0 Å². The summed E-state index contributed by atoms with van der Waals surface area (Å²) in [5.74, 6) is -1.97. The zero-order valence-corrected chi connectivity index (χ0v) is 22.8. The fourth-order valence-electron chi connectivity index (χ4n) is 5.92. The number of carbonyl (C=O) groups excluding carboxylic acids is 2. The van der Waals surface area contributed by atoms with E-state index in [-0.39, 0.29) is 18.9 Å². The van der Waals surface area contributed by atoms with E-state index in [0.717, 1.165) is 28.8 Å². The van der Waals surface area contributed by atoms with Crippen molar-refractivity contribution in [2.75, 3.05) is 26.3 Å². The summed E-state index contributed by atoms with van der Waals surface area (Å²) in [4.78, 5) is 39.7. The lowest BCUT2D eigenvalue weighted by Gasteiger charge is -2.42. The Kier molecular flexibility index (Phi) is 8.66. The lowest BCUT2D eigenvalue weighted by Crippen LogP contribution is -2.58. The van der Waals surface area contributed by atoms with Crippen LogP contribution in [-0.2, 0) is 20.9 Å². The molecule has 41 heavy (non-hydrogen) atoms. The number of hydrogen-bond donors (Lipinski definition) is 4. The number of hydrogen-bond acceptors (Lipinski definition) is 6. The average Bonchev–Trinajstić information content (AvgIpc) is 3.30. The normalized spacial score (nSPS) is 16.7. The minimum Gasteiger partial charge on any atom is -0.480 e. The first-order valence-corrected chi connectivity index (χ1v) is 13.9. The number of benzene rings is 3. The molecule has 3 aromatic carbocycles. The Bertz CT molecular complexity index is 1340. The number of rotatable bonds is 10. The smallest absolute Gasteiger partial charge is 0.407 e. The van der Waals surface area contributed by atoms with Crippen molar-refractivity contribution in [3.63, 3.8) is 0 Å². The van der Waals surface area contributed by atoms with E-state index in [1.54, 1.807) is 0 Å². The van der Waals surface area contributed by atoms with Crippen LogP contribution in [0.2, 0.25) is 0 Å². The molecule has 9 nitrogen and oxygen atoms in total. The van der Waals surface area contributed by atoms with Crippen LogP contribution in [0.1, 0.15) is 41.9 Å². The number of alkyl carbamates (subject to hydrolysis) is 1. The van der Waals surface area contributed by atoms with Crippen LogP contribution in [0.25, 0.3) is 11.1 Å². The number of carboxylic acids is 1. The van der Waals surface area contributed by atoms with Gasteiger partial charge in [0.25, 0.3) is 0 Å². The average molecular weight is 558 g/mol. The minimum absolute atomic E-state index is 0.0963. The molecule has 0 spiro atoms. The van der Waals surface area contributed by atoms with Crippen molar-refractivity contribution in [2.45, 2.75) is 43.3 Å². The molecule has 2 aliphatic rings. The Morgan fingerprint density at radius 2 is 1.49 bits per heavy atom. The van der Waals surface area contributed by atoms with Crippen molar-refractivity contribution in [3.05, 3.63) is 95.6 Å². The van der Waals surface area contributed by atoms with Crippen molar-refractivity contribution in [2.24, 2.45) is 0 Å². The Morgan fingerprint density at radius 1 is 0.902 bits per heavy atom. The van der Waals surface area contributed by atoms with Gasteiger partial charge in [-0.25, -0.2) is 9.59 Å². The van der Waals surface area contributed by atoms with Gasteiger partial charge in [-0.3, -0.25) is 9.69 Å². The summed E-state index contributed by atoms with van der Waals surface area (Å²) in [6, 6.07) is 24.9. The van der Waals surface area contributed by atoms with E-state index in [9.17, 15) is 24.6 Å². The number of amides is 2. The summed E-state index contributed by atoms with van der Waals surface area (Å²) < 4.78 is 5.78. The fourth-order valence-corrected chi connectivity index (χ4v) is 5.92. The SMILES string of the molecule is O=C(CC1(NC(=O)OCC2c3ccccc3-c3ccccc32)CCN(Cc2ccccc2)CC1)N[C@@H](CO)C(=O)O. The van der Waals surface area contributed by atoms with Crippen molar-refractivity contribution < 1.29 is 29.3 Å². The molecule has 5 rings (SSSR count). The number of nitrogens with one attached hydrogen (secondary N) is 2. The topological polar surface area (TPSA) is 128 Å². The van der Waals surface area contributed by atoms with Gasteiger partial charge in [0.15, 0.2) is 0 Å². The number of piperidine rings is 1. The number of ether oxygens (including phenoxy) is 1. The van der Waals surface area contributed by atoms with E-state index in [4.69, 9.17) is 4.74 Å². The maximum atomic E-state index is 13.2. The molecule has 0 aromatic heterocycles. The molecule has 0 unspecified atom stereocenters. The summed E-state index contributed by atoms with van der Waals surface area (Å²) >= 11 is 0. The van der Waals surface area contributed by atoms with Crippen LogP contribution in [0.5, 0.6) is 0 Å². The largest absolute Gasteiger partial charge is 0.480 e. The highest BCUT2D eigenvalue weighted by molar-refractivity contribution is 5.85. The van der Waals surface area contributed by atoms with Gasteiger partial charge in [0.2, 0.25) is 5.91 Å². The Balaban J connectivity index is 1.26. The van der Waals surface area contributed by atoms with E-state index >= 15 is 0 Å². The first-order chi connectivity index (χ1) is 19.9. The number of aliphatic hydroxyl groups excluding tert-OH is 1. The Labute approximate surface area is 239 Å². The zero-order valence-electron chi connectivity index (χ0n) is 22.8. The fraction of sp³-hybridized carbons (Fsp3) is 0.344. The summed E-state index contributed by atoms with van der Waals surface area (Å²) in [7, 11) is 0. The van der Waals surface area contributed by atoms with Crippen LogP contribution in [0.3, 0.4) is 0 Å². The minimum atomic E-state index is -1.41. The van der Waals surface area contributed by atoms with Crippen LogP contribution < -0.4 is 10.6 Å². The van der Waals surface area contributed by atoms with Crippen LogP contribution in [-0.4, -0.2) is 71.0 Å². The third-order valence-electron chi connectivity index (χ3n) is 8.09. The van der Waals surface area contributed by atoms with E-state index in [0.29, 0.717) is 25.9 Å². The zero-order chi connectivity index (χ0) is 28.8. The van der Waals surface area contributed by atoms with Crippen LogP contribution in [0.4, 0.5) is 4.79 Å². The number of nitrogens with zero attached hydrogens (tertiary/aromatic N) is 1. The molecule has 0 bridgehead atoms. The van der Waals surface area contributed by atoms with E-state index in [2.05, 4.69) is 51.9 Å². The highest BCUT2D eigenvalue weighted by Gasteiger charge is 2.39. The predicted molar refractivity (Wildman–Crippen MR) is 153 cm³/mol. The van der Waals surface area contributed by atoms with Gasteiger partial charge in [0.1, 0.15) is 12.6 Å². The standard InChI is InChI=1S/C32H35N3O6/c36-20-28(30(38)39)33-29(37)18-32(14-16-35(17-15-32)19-22-8-2-1-3-9-22)34-31(40)41-21-27-25-12-6-4-10-23(25)24-11-5-7-13-26(24)27/h1-13,27-28,36H,14-21H2,(H,33,37)(H,34,40)(H,38,39)/t28-/m0/s1. The molecule has 2 amide bonds. The van der Waals surface area contributed by atoms with Crippen molar-refractivity contribution >= 4 is 18.0 Å². The van der Waals surface area contributed by atoms with E-state index in [1.807, 2.05) is 42.5 Å². The number of fused-ring (bicyclic) bond motifs is 3. The second-order valence-corrected chi connectivity index (χ2v) is 10.8. The van der Waals surface area contributed by atoms with Gasteiger partial charge >= 0.3 is 12.1 Å². The van der Waals surface area contributed by atoms with Gasteiger partial charge < -0.3 is 25.6 Å². The van der Waals surface area contributed by atoms with Gasteiger partial charge in [0, 0.05) is 32.0 Å². The number of carbonyl (C=O) groups is 3.